The summed E-state index contributed by atoms with van der Waals surface area (Å²) in [5.41, 5.74) is -0.0597. The molecule has 15 heavy (non-hydrogen) atoms. The molecule has 90 valence electrons. The fourth-order valence-electron chi connectivity index (χ4n) is 1.37. The lowest BCUT2D eigenvalue weighted by molar-refractivity contribution is -0.150. The fraction of sp³-hybridized carbons (Fsp3) is 0.917. The Kier molecular flexibility index (Phi) is 5.88. The number of hydrogen-bond donors (Lipinski definition) is 1. The molecule has 0 heterocycles. The lowest BCUT2D eigenvalue weighted by Gasteiger charge is -2.27. The van der Waals surface area contributed by atoms with Crippen molar-refractivity contribution in [2.24, 2.45) is 0 Å². The zero-order valence-electron chi connectivity index (χ0n) is 10.9. The molecule has 3 heteroatoms. The molecule has 0 spiro atoms. The van der Waals surface area contributed by atoms with Gasteiger partial charge < -0.3 is 4.74 Å². The Hall–Kier alpha value is -0.570. The maximum absolute atomic E-state index is 11.7. The van der Waals surface area contributed by atoms with Gasteiger partial charge in [0.1, 0.15) is 6.04 Å². The van der Waals surface area contributed by atoms with Gasteiger partial charge in [0.25, 0.3) is 0 Å². The molecule has 0 saturated carbocycles. The van der Waals surface area contributed by atoms with Gasteiger partial charge in [-0.05, 0) is 41.0 Å². The van der Waals surface area contributed by atoms with Crippen LogP contribution in [0.1, 0.15) is 54.4 Å². The third-order valence-corrected chi connectivity index (χ3v) is 1.82. The zero-order chi connectivity index (χ0) is 12.1. The van der Waals surface area contributed by atoms with E-state index in [1.165, 1.54) is 0 Å². The number of carbonyl (C=O) groups is 1. The molecule has 0 fully saturated rings. The second kappa shape index (κ2) is 6.11. The van der Waals surface area contributed by atoms with Crippen LogP contribution in [0.2, 0.25) is 0 Å². The van der Waals surface area contributed by atoms with Crippen molar-refractivity contribution < 1.29 is 9.53 Å². The number of ether oxygens (including phenoxy) is 1. The molecular weight excluding hydrogens is 190 g/mol. The normalized spacial score (nSPS) is 14.1. The van der Waals surface area contributed by atoms with Crippen LogP contribution in [0.3, 0.4) is 0 Å². The maximum Gasteiger partial charge on any atom is 0.323 e. The van der Waals surface area contributed by atoms with E-state index in [4.69, 9.17) is 4.74 Å². The molecule has 0 bridgehead atoms. The van der Waals surface area contributed by atoms with E-state index >= 15 is 0 Å². The average molecular weight is 215 g/mol. The van der Waals surface area contributed by atoms with E-state index in [-0.39, 0.29) is 23.7 Å². The number of nitrogens with one attached hydrogen (secondary N) is 1. The Balaban J connectivity index is 4.31. The van der Waals surface area contributed by atoms with Gasteiger partial charge in [-0.2, -0.15) is 0 Å². The van der Waals surface area contributed by atoms with Crippen molar-refractivity contribution >= 4 is 5.97 Å². The molecule has 0 aromatic heterocycles. The van der Waals surface area contributed by atoms with E-state index in [0.717, 1.165) is 12.8 Å². The summed E-state index contributed by atoms with van der Waals surface area (Å²) in [5.74, 6) is -0.137. The molecule has 0 aromatic carbocycles. The summed E-state index contributed by atoms with van der Waals surface area (Å²) in [6.07, 6.45) is 1.75. The largest absolute Gasteiger partial charge is 0.462 e. The van der Waals surface area contributed by atoms with Crippen molar-refractivity contribution in [1.29, 1.82) is 0 Å². The van der Waals surface area contributed by atoms with Gasteiger partial charge in [0.05, 0.1) is 6.10 Å². The minimum atomic E-state index is -0.183. The van der Waals surface area contributed by atoms with E-state index < -0.39 is 0 Å². The quantitative estimate of drug-likeness (QED) is 0.716. The lowest BCUT2D eigenvalue weighted by atomic mass is 10.0. The summed E-state index contributed by atoms with van der Waals surface area (Å²) in [6.45, 7) is 12.0. The minimum Gasteiger partial charge on any atom is -0.462 e. The Morgan fingerprint density at radius 1 is 1.33 bits per heavy atom. The summed E-state index contributed by atoms with van der Waals surface area (Å²) >= 11 is 0. The van der Waals surface area contributed by atoms with Gasteiger partial charge in [-0.3, -0.25) is 10.1 Å². The van der Waals surface area contributed by atoms with E-state index in [9.17, 15) is 4.79 Å². The van der Waals surface area contributed by atoms with Crippen molar-refractivity contribution in [3.8, 4) is 0 Å². The Morgan fingerprint density at radius 3 is 2.20 bits per heavy atom. The van der Waals surface area contributed by atoms with Crippen LogP contribution in [0.25, 0.3) is 0 Å². The van der Waals surface area contributed by atoms with Crippen molar-refractivity contribution in [3.05, 3.63) is 0 Å². The fourth-order valence-corrected chi connectivity index (χ4v) is 1.37. The van der Waals surface area contributed by atoms with Gasteiger partial charge in [0.15, 0.2) is 0 Å². The molecule has 0 aliphatic carbocycles. The Labute approximate surface area is 93.6 Å². The van der Waals surface area contributed by atoms with Crippen LogP contribution in [0.15, 0.2) is 0 Å². The summed E-state index contributed by atoms with van der Waals surface area (Å²) in [6, 6.07) is -0.183. The molecule has 0 amide bonds. The maximum atomic E-state index is 11.7. The van der Waals surface area contributed by atoms with Gasteiger partial charge in [-0.1, -0.05) is 13.3 Å². The Morgan fingerprint density at radius 2 is 1.87 bits per heavy atom. The molecule has 3 nitrogen and oxygen atoms in total. The second-order valence-corrected chi connectivity index (χ2v) is 5.22. The smallest absolute Gasteiger partial charge is 0.323 e. The minimum absolute atomic E-state index is 0.0429. The van der Waals surface area contributed by atoms with Gasteiger partial charge >= 0.3 is 5.97 Å². The zero-order valence-corrected chi connectivity index (χ0v) is 10.9. The molecular formula is C12H25NO2. The van der Waals surface area contributed by atoms with Crippen LogP contribution < -0.4 is 5.32 Å². The molecule has 0 saturated heterocycles. The first-order valence-corrected chi connectivity index (χ1v) is 5.74. The van der Waals surface area contributed by atoms with Gasteiger partial charge in [0.2, 0.25) is 0 Å². The Bertz CT molecular complexity index is 194. The van der Waals surface area contributed by atoms with E-state index in [1.807, 2.05) is 13.8 Å². The summed E-state index contributed by atoms with van der Waals surface area (Å²) in [7, 11) is 0. The van der Waals surface area contributed by atoms with E-state index in [2.05, 4.69) is 33.0 Å². The monoisotopic (exact) mass is 215 g/mol. The number of rotatable bonds is 5. The topological polar surface area (TPSA) is 38.3 Å². The lowest BCUT2D eigenvalue weighted by Crippen LogP contribution is -2.48. The number of hydrogen-bond acceptors (Lipinski definition) is 3. The standard InChI is InChI=1S/C12H25NO2/c1-7-8-10(13-12(4,5)6)11(14)15-9(2)3/h9-10,13H,7-8H2,1-6H3/t10-/m0/s1. The highest BCUT2D eigenvalue weighted by Gasteiger charge is 2.24. The molecule has 0 rings (SSSR count). The molecule has 1 N–H and O–H groups in total. The first-order chi connectivity index (χ1) is 6.76. The van der Waals surface area contributed by atoms with Crippen LogP contribution in [-0.2, 0) is 9.53 Å². The van der Waals surface area contributed by atoms with Crippen LogP contribution in [-0.4, -0.2) is 23.7 Å². The third-order valence-electron chi connectivity index (χ3n) is 1.82. The van der Waals surface area contributed by atoms with Crippen LogP contribution in [0, 0.1) is 0 Å². The molecule has 0 aliphatic heterocycles. The molecule has 1 atom stereocenters. The summed E-state index contributed by atoms with van der Waals surface area (Å²) in [4.78, 5) is 11.7. The van der Waals surface area contributed by atoms with Crippen LogP contribution in [0.4, 0.5) is 0 Å². The highest BCUT2D eigenvalue weighted by molar-refractivity contribution is 5.76. The van der Waals surface area contributed by atoms with Gasteiger partial charge in [-0.25, -0.2) is 0 Å². The molecule has 0 aliphatic rings. The first-order valence-electron chi connectivity index (χ1n) is 5.74. The summed E-state index contributed by atoms with van der Waals surface area (Å²) in [5, 5.41) is 3.29. The number of esters is 1. The summed E-state index contributed by atoms with van der Waals surface area (Å²) < 4.78 is 5.21. The van der Waals surface area contributed by atoms with Gasteiger partial charge in [0, 0.05) is 5.54 Å². The van der Waals surface area contributed by atoms with Crippen molar-refractivity contribution in [3.63, 3.8) is 0 Å². The molecule has 0 aromatic rings. The highest BCUT2D eigenvalue weighted by atomic mass is 16.5. The van der Waals surface area contributed by atoms with Crippen molar-refractivity contribution in [2.75, 3.05) is 0 Å². The van der Waals surface area contributed by atoms with Crippen molar-refractivity contribution in [2.45, 2.75) is 72.1 Å². The van der Waals surface area contributed by atoms with Crippen molar-refractivity contribution in [1.82, 2.24) is 5.32 Å². The third kappa shape index (κ3) is 7.37. The second-order valence-electron chi connectivity index (χ2n) is 5.22. The SMILES string of the molecule is CCC[C@H](NC(C)(C)C)C(=O)OC(C)C. The molecule has 0 unspecified atom stereocenters. The predicted molar refractivity (Wildman–Crippen MR) is 62.8 cm³/mol. The highest BCUT2D eigenvalue weighted by Crippen LogP contribution is 2.08. The van der Waals surface area contributed by atoms with E-state index in [0.29, 0.717) is 0 Å². The van der Waals surface area contributed by atoms with Gasteiger partial charge in [-0.15, -0.1) is 0 Å². The number of carbonyl (C=O) groups excluding carboxylic acids is 1. The molecule has 0 radical (unpaired) electrons. The van der Waals surface area contributed by atoms with E-state index in [1.54, 1.807) is 0 Å². The van der Waals surface area contributed by atoms with Crippen LogP contribution in [0.5, 0.6) is 0 Å². The van der Waals surface area contributed by atoms with Crippen LogP contribution >= 0.6 is 0 Å². The predicted octanol–water partition coefficient (Wildman–Crippen LogP) is 2.49. The first kappa shape index (κ1) is 14.4. The average Bonchev–Trinajstić information content (AvgIpc) is 1.99.